The molecule has 1 amide bonds. The number of nitrogens with one attached hydrogen (secondary N) is 1. The van der Waals surface area contributed by atoms with Crippen LogP contribution in [0.5, 0.6) is 5.75 Å². The van der Waals surface area contributed by atoms with E-state index in [0.717, 1.165) is 0 Å². The summed E-state index contributed by atoms with van der Waals surface area (Å²) in [5.41, 5.74) is 0.325. The molecule has 1 aliphatic heterocycles. The average Bonchev–Trinajstić information content (AvgIpc) is 2.64. The van der Waals surface area contributed by atoms with Crippen molar-refractivity contribution in [3.05, 3.63) is 29.6 Å². The number of hydrogen-bond acceptors (Lipinski definition) is 3. The van der Waals surface area contributed by atoms with Gasteiger partial charge in [-0.2, -0.15) is 0 Å². The highest BCUT2D eigenvalue weighted by molar-refractivity contribution is 5.70. The van der Waals surface area contributed by atoms with E-state index in [1.807, 2.05) is 0 Å². The molecule has 0 radical (unpaired) electrons. The number of benzene rings is 1. The second-order valence-corrected chi connectivity index (χ2v) is 3.15. The Hall–Kier alpha value is -1.78. The van der Waals surface area contributed by atoms with Gasteiger partial charge in [0.25, 0.3) is 0 Å². The van der Waals surface area contributed by atoms with Gasteiger partial charge in [0.15, 0.2) is 0 Å². The van der Waals surface area contributed by atoms with Gasteiger partial charge in [-0.25, -0.2) is 9.18 Å². The van der Waals surface area contributed by atoms with Gasteiger partial charge in [0, 0.05) is 0 Å². The Morgan fingerprint density at radius 1 is 1.60 bits per heavy atom. The molecule has 15 heavy (non-hydrogen) atoms. The molecule has 1 atom stereocenters. The first-order valence-corrected chi connectivity index (χ1v) is 4.48. The van der Waals surface area contributed by atoms with Crippen molar-refractivity contribution in [2.24, 2.45) is 0 Å². The summed E-state index contributed by atoms with van der Waals surface area (Å²) >= 11 is 0. The molecule has 0 spiro atoms. The number of amides is 1. The largest absolute Gasteiger partial charge is 0.496 e. The quantitative estimate of drug-likeness (QED) is 0.808. The molecule has 2 rings (SSSR count). The molecule has 0 aliphatic carbocycles. The summed E-state index contributed by atoms with van der Waals surface area (Å²) in [6.07, 6.45) is -0.537. The molecule has 80 valence electrons. The van der Waals surface area contributed by atoms with E-state index >= 15 is 0 Å². The van der Waals surface area contributed by atoms with Crippen molar-refractivity contribution in [2.45, 2.75) is 6.04 Å². The van der Waals surface area contributed by atoms with Crippen molar-refractivity contribution in [3.8, 4) is 5.75 Å². The number of carbonyl (C=O) groups excluding carboxylic acids is 1. The Kier molecular flexibility index (Phi) is 2.45. The lowest BCUT2D eigenvalue weighted by molar-refractivity contribution is 0.176. The SMILES string of the molecule is COc1cccc(F)c1[C@H]1COC(=O)N1. The molecule has 1 N–H and O–H groups in total. The molecular formula is C10H10FNO3. The zero-order chi connectivity index (χ0) is 10.8. The maximum Gasteiger partial charge on any atom is 0.407 e. The van der Waals surface area contributed by atoms with E-state index in [9.17, 15) is 9.18 Å². The minimum Gasteiger partial charge on any atom is -0.496 e. The Morgan fingerprint density at radius 3 is 3.00 bits per heavy atom. The topological polar surface area (TPSA) is 47.6 Å². The second-order valence-electron chi connectivity index (χ2n) is 3.15. The van der Waals surface area contributed by atoms with Gasteiger partial charge in [0.2, 0.25) is 0 Å². The molecule has 1 aromatic rings. The van der Waals surface area contributed by atoms with Gasteiger partial charge in [-0.1, -0.05) is 6.07 Å². The van der Waals surface area contributed by atoms with E-state index in [1.165, 1.54) is 13.2 Å². The summed E-state index contributed by atoms with van der Waals surface area (Å²) in [6.45, 7) is 0.121. The van der Waals surface area contributed by atoms with Gasteiger partial charge >= 0.3 is 6.09 Å². The molecule has 0 unspecified atom stereocenters. The van der Waals surface area contributed by atoms with Crippen LogP contribution in [0.15, 0.2) is 18.2 Å². The number of carbonyl (C=O) groups is 1. The highest BCUT2D eigenvalue weighted by atomic mass is 19.1. The number of rotatable bonds is 2. The van der Waals surface area contributed by atoms with Crippen LogP contribution in [-0.4, -0.2) is 19.8 Å². The molecule has 5 heteroatoms. The number of alkyl carbamates (subject to hydrolysis) is 1. The fraction of sp³-hybridized carbons (Fsp3) is 0.300. The minimum absolute atomic E-state index is 0.121. The van der Waals surface area contributed by atoms with Crippen LogP contribution in [0, 0.1) is 5.82 Å². The van der Waals surface area contributed by atoms with Gasteiger partial charge in [-0.3, -0.25) is 0 Å². The predicted octanol–water partition coefficient (Wildman–Crippen LogP) is 1.62. The lowest BCUT2D eigenvalue weighted by atomic mass is 10.1. The second kappa shape index (κ2) is 3.76. The smallest absolute Gasteiger partial charge is 0.407 e. The van der Waals surface area contributed by atoms with Crippen LogP contribution >= 0.6 is 0 Å². The summed E-state index contributed by atoms with van der Waals surface area (Å²) in [5.74, 6) is -0.00375. The fourth-order valence-corrected chi connectivity index (χ4v) is 1.57. The van der Waals surface area contributed by atoms with Crippen LogP contribution in [0.3, 0.4) is 0 Å². The summed E-state index contributed by atoms with van der Waals surface area (Å²) in [4.78, 5) is 10.8. The van der Waals surface area contributed by atoms with Gasteiger partial charge < -0.3 is 14.8 Å². The summed E-state index contributed by atoms with van der Waals surface area (Å²) in [5, 5.41) is 2.50. The van der Waals surface area contributed by atoms with Crippen LogP contribution in [0.2, 0.25) is 0 Å². The monoisotopic (exact) mass is 211 g/mol. The Morgan fingerprint density at radius 2 is 2.40 bits per heavy atom. The van der Waals surface area contributed by atoms with Gasteiger partial charge in [0.05, 0.1) is 18.7 Å². The lowest BCUT2D eigenvalue weighted by Gasteiger charge is -2.13. The van der Waals surface area contributed by atoms with Crippen molar-refractivity contribution in [1.82, 2.24) is 5.32 Å². The third-order valence-corrected chi connectivity index (χ3v) is 2.25. The molecule has 0 saturated carbocycles. The molecule has 4 nitrogen and oxygen atoms in total. The van der Waals surface area contributed by atoms with E-state index in [1.54, 1.807) is 12.1 Å². The zero-order valence-electron chi connectivity index (χ0n) is 8.12. The Balaban J connectivity index is 2.37. The average molecular weight is 211 g/mol. The number of methoxy groups -OCH3 is 1. The first-order chi connectivity index (χ1) is 7.22. The normalized spacial score (nSPS) is 19.6. The van der Waals surface area contributed by atoms with Crippen LogP contribution in [-0.2, 0) is 4.74 Å². The van der Waals surface area contributed by atoms with Gasteiger partial charge in [0.1, 0.15) is 18.2 Å². The van der Waals surface area contributed by atoms with Crippen LogP contribution in [0.1, 0.15) is 11.6 Å². The van der Waals surface area contributed by atoms with Crippen LogP contribution in [0.4, 0.5) is 9.18 Å². The summed E-state index contributed by atoms with van der Waals surface area (Å²) in [6, 6.07) is 4.04. The molecule has 1 aromatic carbocycles. The highest BCUT2D eigenvalue weighted by Gasteiger charge is 2.28. The van der Waals surface area contributed by atoms with E-state index in [2.05, 4.69) is 5.32 Å². The van der Waals surface area contributed by atoms with E-state index in [-0.39, 0.29) is 6.61 Å². The minimum atomic E-state index is -0.537. The van der Waals surface area contributed by atoms with Crippen molar-refractivity contribution < 1.29 is 18.7 Å². The maximum atomic E-state index is 13.5. The third kappa shape index (κ3) is 1.72. The van der Waals surface area contributed by atoms with Crippen molar-refractivity contribution in [3.63, 3.8) is 0 Å². The molecule has 1 saturated heterocycles. The first-order valence-electron chi connectivity index (χ1n) is 4.48. The predicted molar refractivity (Wildman–Crippen MR) is 50.2 cm³/mol. The van der Waals surface area contributed by atoms with Crippen LogP contribution < -0.4 is 10.1 Å². The lowest BCUT2D eigenvalue weighted by Crippen LogP contribution is -2.20. The van der Waals surface area contributed by atoms with Crippen LogP contribution in [0.25, 0.3) is 0 Å². The first kappa shape index (κ1) is 9.76. The number of ether oxygens (including phenoxy) is 2. The maximum absolute atomic E-state index is 13.5. The number of hydrogen-bond donors (Lipinski definition) is 1. The Bertz CT molecular complexity index is 394. The standard InChI is InChI=1S/C10H10FNO3/c1-14-8-4-2-3-6(11)9(8)7-5-15-10(13)12-7/h2-4,7H,5H2,1H3,(H,12,13)/t7-/m1/s1. The molecular weight excluding hydrogens is 201 g/mol. The van der Waals surface area contributed by atoms with Crippen molar-refractivity contribution in [2.75, 3.05) is 13.7 Å². The molecule has 1 fully saturated rings. The molecule has 0 aromatic heterocycles. The Labute approximate surface area is 86.0 Å². The van der Waals surface area contributed by atoms with Gasteiger partial charge in [-0.15, -0.1) is 0 Å². The summed E-state index contributed by atoms with van der Waals surface area (Å²) < 4.78 is 23.3. The van der Waals surface area contributed by atoms with Crippen molar-refractivity contribution in [1.29, 1.82) is 0 Å². The molecule has 1 heterocycles. The van der Waals surface area contributed by atoms with Crippen molar-refractivity contribution >= 4 is 6.09 Å². The fourth-order valence-electron chi connectivity index (χ4n) is 1.57. The third-order valence-electron chi connectivity index (χ3n) is 2.25. The molecule has 0 bridgehead atoms. The molecule has 1 aliphatic rings. The van der Waals surface area contributed by atoms with E-state index in [4.69, 9.17) is 9.47 Å². The summed E-state index contributed by atoms with van der Waals surface area (Å²) in [7, 11) is 1.45. The number of cyclic esters (lactones) is 1. The zero-order valence-corrected chi connectivity index (χ0v) is 8.12. The van der Waals surface area contributed by atoms with E-state index in [0.29, 0.717) is 11.3 Å². The van der Waals surface area contributed by atoms with E-state index < -0.39 is 18.0 Å². The highest BCUT2D eigenvalue weighted by Crippen LogP contribution is 2.29. The number of halogens is 1. The van der Waals surface area contributed by atoms with Gasteiger partial charge in [-0.05, 0) is 12.1 Å².